The lowest BCUT2D eigenvalue weighted by Crippen LogP contribution is -2.54. The molecule has 1 fully saturated rings. The molecule has 1 aliphatic heterocycles. The third-order valence-electron chi connectivity index (χ3n) is 4.65. The minimum absolute atomic E-state index is 0.0387. The Labute approximate surface area is 149 Å². The maximum atomic E-state index is 12.6. The Hall–Kier alpha value is -0.770. The maximum Gasteiger partial charge on any atom is 0.239 e. The summed E-state index contributed by atoms with van der Waals surface area (Å²) in [5.74, 6) is -0.304. The van der Waals surface area contributed by atoms with Gasteiger partial charge in [-0.3, -0.25) is 4.79 Å². The number of nitrogens with two attached hydrogens (primary N) is 1. The lowest BCUT2D eigenvalue weighted by Gasteiger charge is -2.34. The van der Waals surface area contributed by atoms with Gasteiger partial charge < -0.3 is 35.8 Å². The molecule has 0 aromatic carbocycles. The van der Waals surface area contributed by atoms with Crippen molar-refractivity contribution < 1.29 is 30.0 Å². The highest BCUT2D eigenvalue weighted by molar-refractivity contribution is 5.81. The van der Waals surface area contributed by atoms with E-state index < -0.39 is 37.1 Å². The summed E-state index contributed by atoms with van der Waals surface area (Å²) in [6, 6.07) is -0.674. The Kier molecular flexibility index (Phi) is 9.84. The molecule has 0 bridgehead atoms. The maximum absolute atomic E-state index is 12.6. The molecule has 0 unspecified atom stereocenters. The lowest BCUT2D eigenvalue weighted by atomic mass is 10.00. The Morgan fingerprint density at radius 3 is 2.48 bits per heavy atom. The molecule has 1 amide bonds. The first kappa shape index (κ1) is 22.3. The van der Waals surface area contributed by atoms with Crippen molar-refractivity contribution in [3.63, 3.8) is 0 Å². The highest BCUT2D eigenvalue weighted by atomic mass is 16.5. The fraction of sp³-hybridized carbons (Fsp3) is 0.941. The summed E-state index contributed by atoms with van der Waals surface area (Å²) in [7, 11) is 0. The molecular weight excluding hydrogens is 328 g/mol. The number of ether oxygens (including phenoxy) is 1. The van der Waals surface area contributed by atoms with Crippen LogP contribution in [0.5, 0.6) is 0 Å². The summed E-state index contributed by atoms with van der Waals surface area (Å²) in [5, 5.41) is 39.7. The van der Waals surface area contributed by atoms with Crippen molar-refractivity contribution in [2.45, 2.75) is 70.0 Å². The summed E-state index contributed by atoms with van der Waals surface area (Å²) in [5.41, 5.74) is 5.95. The van der Waals surface area contributed by atoms with Crippen LogP contribution in [0.25, 0.3) is 0 Å². The largest absolute Gasteiger partial charge is 0.394 e. The number of hydrogen-bond donors (Lipinski definition) is 5. The fourth-order valence-corrected chi connectivity index (χ4v) is 2.86. The zero-order valence-corrected chi connectivity index (χ0v) is 15.3. The second-order valence-corrected chi connectivity index (χ2v) is 7.11. The Morgan fingerprint density at radius 1 is 1.24 bits per heavy atom. The Bertz CT molecular complexity index is 395. The molecular formula is C17H34N2O6. The van der Waals surface area contributed by atoms with Gasteiger partial charge in [-0.15, -0.1) is 0 Å². The first-order chi connectivity index (χ1) is 11.8. The topological polar surface area (TPSA) is 136 Å². The van der Waals surface area contributed by atoms with E-state index in [4.69, 9.17) is 15.6 Å². The van der Waals surface area contributed by atoms with Gasteiger partial charge in [-0.1, -0.05) is 26.7 Å². The van der Waals surface area contributed by atoms with Crippen molar-refractivity contribution in [1.29, 1.82) is 0 Å². The van der Waals surface area contributed by atoms with Gasteiger partial charge in [-0.05, 0) is 18.8 Å². The lowest BCUT2D eigenvalue weighted by molar-refractivity contribution is -0.153. The minimum Gasteiger partial charge on any atom is -0.394 e. The average Bonchev–Trinajstić information content (AvgIpc) is 2.59. The number of rotatable bonds is 4. The third-order valence-corrected chi connectivity index (χ3v) is 4.65. The molecule has 1 rings (SSSR count). The van der Waals surface area contributed by atoms with E-state index in [1.807, 2.05) is 13.8 Å². The van der Waals surface area contributed by atoms with Crippen molar-refractivity contribution in [3.05, 3.63) is 0 Å². The van der Waals surface area contributed by atoms with Crippen LogP contribution in [0.4, 0.5) is 0 Å². The van der Waals surface area contributed by atoms with Crippen LogP contribution in [-0.2, 0) is 9.53 Å². The fourth-order valence-electron chi connectivity index (χ4n) is 2.86. The molecule has 0 spiro atoms. The van der Waals surface area contributed by atoms with Gasteiger partial charge in [0.15, 0.2) is 0 Å². The van der Waals surface area contributed by atoms with E-state index in [0.717, 1.165) is 25.7 Å². The summed E-state index contributed by atoms with van der Waals surface area (Å²) in [6.07, 6.45) is -1.86. The van der Waals surface area contributed by atoms with E-state index in [1.54, 1.807) is 0 Å². The van der Waals surface area contributed by atoms with Crippen LogP contribution < -0.4 is 5.73 Å². The van der Waals surface area contributed by atoms with Crippen LogP contribution in [-0.4, -0.2) is 88.0 Å². The van der Waals surface area contributed by atoms with Crippen molar-refractivity contribution in [2.24, 2.45) is 11.7 Å². The van der Waals surface area contributed by atoms with Crippen molar-refractivity contribution in [2.75, 3.05) is 26.3 Å². The van der Waals surface area contributed by atoms with E-state index in [0.29, 0.717) is 13.2 Å². The van der Waals surface area contributed by atoms with Gasteiger partial charge in [0.05, 0.1) is 12.6 Å². The normalized spacial score (nSPS) is 29.6. The molecule has 0 aromatic heterocycles. The molecule has 25 heavy (non-hydrogen) atoms. The monoisotopic (exact) mass is 362 g/mol. The molecule has 0 saturated carbocycles. The number of nitrogens with zero attached hydrogens (tertiary/aromatic N) is 1. The standard InChI is InChI=1S/C17H34N2O6/c1-11(2)14(18)17(24)19-7-5-3-4-6-8-25-16(13(22)10-20)15(23)12(21)9-19/h11-16,20-23H,3-10,18H2,1-2H3/t12-,13-,14-,15-,16-/m1/s1. The Morgan fingerprint density at radius 2 is 1.88 bits per heavy atom. The number of aliphatic hydroxyl groups excluding tert-OH is 4. The average molecular weight is 362 g/mol. The van der Waals surface area contributed by atoms with Crippen LogP contribution in [0.1, 0.15) is 39.5 Å². The van der Waals surface area contributed by atoms with E-state index >= 15 is 0 Å². The van der Waals surface area contributed by atoms with Crippen molar-refractivity contribution in [1.82, 2.24) is 4.90 Å². The van der Waals surface area contributed by atoms with Crippen LogP contribution in [0.15, 0.2) is 0 Å². The molecule has 0 aromatic rings. The van der Waals surface area contributed by atoms with E-state index in [1.165, 1.54) is 4.90 Å². The third kappa shape index (κ3) is 6.80. The van der Waals surface area contributed by atoms with Crippen molar-refractivity contribution in [3.8, 4) is 0 Å². The van der Waals surface area contributed by atoms with Gasteiger partial charge in [-0.2, -0.15) is 0 Å². The van der Waals surface area contributed by atoms with Gasteiger partial charge in [0.2, 0.25) is 5.91 Å². The van der Waals surface area contributed by atoms with Crippen LogP contribution in [0.3, 0.4) is 0 Å². The molecule has 148 valence electrons. The minimum atomic E-state index is -1.42. The van der Waals surface area contributed by atoms with Gasteiger partial charge in [0, 0.05) is 19.7 Å². The summed E-state index contributed by atoms with van der Waals surface area (Å²) in [4.78, 5) is 14.0. The molecule has 0 radical (unpaired) electrons. The SMILES string of the molecule is CC(C)[C@@H](N)C(=O)N1CCCCCCO[C@H]([C@H](O)CO)[C@H](O)[C@H](O)C1. The molecule has 6 N–H and O–H groups in total. The number of carbonyl (C=O) groups excluding carboxylic acids is 1. The first-order valence-corrected chi connectivity index (χ1v) is 9.10. The zero-order valence-electron chi connectivity index (χ0n) is 15.3. The number of carbonyl (C=O) groups is 1. The number of hydrogen-bond acceptors (Lipinski definition) is 7. The van der Waals surface area contributed by atoms with Gasteiger partial charge in [-0.25, -0.2) is 0 Å². The molecule has 8 nitrogen and oxygen atoms in total. The molecule has 5 atom stereocenters. The smallest absolute Gasteiger partial charge is 0.239 e. The zero-order chi connectivity index (χ0) is 19.0. The summed E-state index contributed by atoms with van der Waals surface area (Å²) in [6.45, 7) is 3.80. The van der Waals surface area contributed by atoms with Crippen LogP contribution in [0, 0.1) is 5.92 Å². The molecule has 1 heterocycles. The molecule has 1 aliphatic rings. The Balaban J connectivity index is 2.90. The number of aliphatic hydroxyl groups is 4. The predicted molar refractivity (Wildman–Crippen MR) is 92.7 cm³/mol. The first-order valence-electron chi connectivity index (χ1n) is 9.10. The molecule has 1 saturated heterocycles. The van der Waals surface area contributed by atoms with Crippen LogP contribution in [0.2, 0.25) is 0 Å². The quantitative estimate of drug-likeness (QED) is 0.425. The number of β-amino-alcohol motifs (C(OH)–C–C–N with tert-alkyl or cyclic N) is 1. The van der Waals surface area contributed by atoms with Gasteiger partial charge in [0.1, 0.15) is 24.4 Å². The second-order valence-electron chi connectivity index (χ2n) is 7.11. The second kappa shape index (κ2) is 11.1. The highest BCUT2D eigenvalue weighted by Crippen LogP contribution is 2.15. The van der Waals surface area contributed by atoms with Crippen molar-refractivity contribution >= 4 is 5.91 Å². The van der Waals surface area contributed by atoms with Crippen LogP contribution >= 0.6 is 0 Å². The van der Waals surface area contributed by atoms with E-state index in [2.05, 4.69) is 0 Å². The highest BCUT2D eigenvalue weighted by Gasteiger charge is 2.35. The van der Waals surface area contributed by atoms with E-state index in [-0.39, 0.29) is 18.4 Å². The van der Waals surface area contributed by atoms with Gasteiger partial charge in [0.25, 0.3) is 0 Å². The van der Waals surface area contributed by atoms with E-state index in [9.17, 15) is 20.1 Å². The predicted octanol–water partition coefficient (Wildman–Crippen LogP) is -1.17. The van der Waals surface area contributed by atoms with Gasteiger partial charge >= 0.3 is 0 Å². The molecule has 8 heteroatoms. The number of amides is 1. The molecule has 0 aliphatic carbocycles. The summed E-state index contributed by atoms with van der Waals surface area (Å²) < 4.78 is 5.48. The summed E-state index contributed by atoms with van der Waals surface area (Å²) >= 11 is 0.